The van der Waals surface area contributed by atoms with Crippen molar-refractivity contribution < 1.29 is 63.9 Å². The zero-order chi connectivity index (χ0) is 19.7. The van der Waals surface area contributed by atoms with Gasteiger partial charge in [0, 0.05) is 0 Å². The SMILES string of the molecule is O=C(COP(=O)(O)OCC(=O)OCCC(F)(F)F)OCCC(F)(F)F. The van der Waals surface area contributed by atoms with E-state index >= 15 is 0 Å². The minimum absolute atomic E-state index is 1.03. The molecular weight excluding hydrogens is 393 g/mol. The summed E-state index contributed by atoms with van der Waals surface area (Å²) >= 11 is 0. The number of halogens is 6. The van der Waals surface area contributed by atoms with E-state index in [0.717, 1.165) is 0 Å². The number of hydrogen-bond acceptors (Lipinski definition) is 7. The van der Waals surface area contributed by atoms with E-state index < -0.39 is 71.4 Å². The highest BCUT2D eigenvalue weighted by molar-refractivity contribution is 7.47. The number of rotatable bonds is 10. The van der Waals surface area contributed by atoms with Crippen molar-refractivity contribution in [3.05, 3.63) is 0 Å². The van der Waals surface area contributed by atoms with Crippen LogP contribution in [0.5, 0.6) is 0 Å². The molecule has 0 heterocycles. The first-order valence-electron chi connectivity index (χ1n) is 6.27. The number of phosphoric acid groups is 1. The van der Waals surface area contributed by atoms with Gasteiger partial charge in [0.25, 0.3) is 0 Å². The van der Waals surface area contributed by atoms with Crippen LogP contribution in [0, 0.1) is 0 Å². The lowest BCUT2D eigenvalue weighted by molar-refractivity contribution is -0.161. The summed E-state index contributed by atoms with van der Waals surface area (Å²) in [4.78, 5) is 31.0. The zero-order valence-corrected chi connectivity index (χ0v) is 13.2. The fourth-order valence-electron chi connectivity index (χ4n) is 0.950. The highest BCUT2D eigenvalue weighted by Gasteiger charge is 2.29. The van der Waals surface area contributed by atoms with Gasteiger partial charge in [0.2, 0.25) is 0 Å². The van der Waals surface area contributed by atoms with Gasteiger partial charge in [-0.1, -0.05) is 0 Å². The number of carbonyl (C=O) groups is 2. The van der Waals surface area contributed by atoms with Crippen molar-refractivity contribution >= 4 is 19.8 Å². The van der Waals surface area contributed by atoms with Gasteiger partial charge in [-0.2, -0.15) is 26.3 Å². The van der Waals surface area contributed by atoms with Crippen LogP contribution >= 0.6 is 7.82 Å². The fourth-order valence-corrected chi connectivity index (χ4v) is 1.56. The van der Waals surface area contributed by atoms with Crippen LogP contribution in [0.2, 0.25) is 0 Å². The van der Waals surface area contributed by atoms with E-state index in [4.69, 9.17) is 4.89 Å². The normalized spacial score (nSPS) is 12.8. The van der Waals surface area contributed by atoms with Gasteiger partial charge >= 0.3 is 32.1 Å². The van der Waals surface area contributed by atoms with Crippen LogP contribution in [0.3, 0.4) is 0 Å². The second-order valence-corrected chi connectivity index (χ2v) is 5.64. The third-order valence-corrected chi connectivity index (χ3v) is 2.90. The zero-order valence-electron chi connectivity index (χ0n) is 12.3. The van der Waals surface area contributed by atoms with Crippen LogP contribution < -0.4 is 0 Å². The Morgan fingerprint density at radius 1 is 0.800 bits per heavy atom. The molecule has 0 bridgehead atoms. The molecule has 0 spiro atoms. The van der Waals surface area contributed by atoms with Gasteiger partial charge < -0.3 is 14.4 Å². The summed E-state index contributed by atoms with van der Waals surface area (Å²) < 4.78 is 98.1. The molecule has 0 saturated carbocycles. The summed E-state index contributed by atoms with van der Waals surface area (Å²) in [7, 11) is -4.98. The van der Waals surface area contributed by atoms with E-state index in [2.05, 4.69) is 18.5 Å². The molecule has 0 aliphatic heterocycles. The molecule has 0 saturated heterocycles. The van der Waals surface area contributed by atoms with Crippen LogP contribution in [-0.2, 0) is 32.7 Å². The summed E-state index contributed by atoms with van der Waals surface area (Å²) in [5.41, 5.74) is 0. The Morgan fingerprint density at radius 2 is 1.12 bits per heavy atom. The summed E-state index contributed by atoms with van der Waals surface area (Å²) in [6.07, 6.45) is -12.0. The lowest BCUT2D eigenvalue weighted by Gasteiger charge is -2.12. The van der Waals surface area contributed by atoms with Crippen molar-refractivity contribution in [3.63, 3.8) is 0 Å². The van der Waals surface area contributed by atoms with Gasteiger partial charge in [0.15, 0.2) is 13.2 Å². The average molecular weight is 406 g/mol. The van der Waals surface area contributed by atoms with E-state index in [1.165, 1.54) is 0 Å². The maximum absolute atomic E-state index is 11.8. The first-order valence-corrected chi connectivity index (χ1v) is 7.76. The molecule has 0 aliphatic carbocycles. The molecule has 8 nitrogen and oxygen atoms in total. The van der Waals surface area contributed by atoms with Crippen LogP contribution in [0.15, 0.2) is 0 Å². The summed E-state index contributed by atoms with van der Waals surface area (Å²) in [6, 6.07) is 0. The van der Waals surface area contributed by atoms with Gasteiger partial charge in [-0.05, 0) is 0 Å². The Balaban J connectivity index is 3.98. The summed E-state index contributed by atoms with van der Waals surface area (Å²) in [5.74, 6) is -2.82. The van der Waals surface area contributed by atoms with Crippen molar-refractivity contribution in [2.24, 2.45) is 0 Å². The monoisotopic (exact) mass is 406 g/mol. The molecule has 1 N–H and O–H groups in total. The van der Waals surface area contributed by atoms with Crippen molar-refractivity contribution in [1.82, 2.24) is 0 Å². The van der Waals surface area contributed by atoms with E-state index in [-0.39, 0.29) is 0 Å². The molecule has 0 amide bonds. The lowest BCUT2D eigenvalue weighted by Crippen LogP contribution is -2.19. The predicted molar refractivity (Wildman–Crippen MR) is 65.0 cm³/mol. The maximum Gasteiger partial charge on any atom is 0.473 e. The van der Waals surface area contributed by atoms with Crippen molar-refractivity contribution in [1.29, 1.82) is 0 Å². The van der Waals surface area contributed by atoms with Crippen molar-refractivity contribution in [2.75, 3.05) is 26.4 Å². The molecule has 148 valence electrons. The lowest BCUT2D eigenvalue weighted by atomic mass is 10.4. The van der Waals surface area contributed by atoms with E-state index in [1.54, 1.807) is 0 Å². The van der Waals surface area contributed by atoms with Crippen LogP contribution in [-0.4, -0.2) is 55.6 Å². The second-order valence-electron chi connectivity index (χ2n) is 4.19. The van der Waals surface area contributed by atoms with E-state index in [0.29, 0.717) is 0 Å². The first kappa shape index (κ1) is 23.6. The molecule has 0 radical (unpaired) electrons. The molecule has 25 heavy (non-hydrogen) atoms. The third kappa shape index (κ3) is 15.9. The van der Waals surface area contributed by atoms with Crippen molar-refractivity contribution in [3.8, 4) is 0 Å². The maximum atomic E-state index is 11.8. The van der Waals surface area contributed by atoms with Gasteiger partial charge in [-0.15, -0.1) is 0 Å². The molecule has 0 aromatic rings. The van der Waals surface area contributed by atoms with Crippen LogP contribution in [0.25, 0.3) is 0 Å². The van der Waals surface area contributed by atoms with Crippen LogP contribution in [0.4, 0.5) is 26.3 Å². The minimum Gasteiger partial charge on any atom is -0.464 e. The molecule has 0 rings (SSSR count). The topological polar surface area (TPSA) is 108 Å². The van der Waals surface area contributed by atoms with E-state index in [1.807, 2.05) is 0 Å². The molecular formula is C10H13F6O8P. The Bertz CT molecular complexity index is 451. The molecule has 0 atom stereocenters. The highest BCUT2D eigenvalue weighted by Crippen LogP contribution is 2.42. The number of ether oxygens (including phenoxy) is 2. The highest BCUT2D eigenvalue weighted by atomic mass is 31.2. The molecule has 0 aliphatic rings. The molecule has 0 unspecified atom stereocenters. The number of carbonyl (C=O) groups excluding carboxylic acids is 2. The Morgan fingerprint density at radius 3 is 1.40 bits per heavy atom. The number of phosphoric ester groups is 1. The average Bonchev–Trinajstić information content (AvgIpc) is 2.40. The summed E-state index contributed by atoms with van der Waals surface area (Å²) in [5, 5.41) is 0. The molecule has 0 aromatic heterocycles. The Kier molecular flexibility index (Phi) is 9.40. The number of alkyl halides is 6. The van der Waals surface area contributed by atoms with Crippen molar-refractivity contribution in [2.45, 2.75) is 25.2 Å². The Labute approximate surface area is 136 Å². The number of esters is 2. The minimum atomic E-state index is -4.98. The predicted octanol–water partition coefficient (Wildman–Crippen LogP) is 2.11. The van der Waals surface area contributed by atoms with E-state index in [9.17, 15) is 40.5 Å². The molecule has 15 heteroatoms. The number of hydrogen-bond donors (Lipinski definition) is 1. The standard InChI is InChI=1S/C10H13F6O8P/c11-9(12,13)1-3-21-7(17)5-23-25(19,20)24-6-8(18)22-4-2-10(14,15)16/h1-6H2,(H,19,20). The molecule has 0 aromatic carbocycles. The van der Waals surface area contributed by atoms with Gasteiger partial charge in [-0.3, -0.25) is 9.05 Å². The second kappa shape index (κ2) is 9.94. The van der Waals surface area contributed by atoms with Gasteiger partial charge in [0.05, 0.1) is 12.8 Å². The largest absolute Gasteiger partial charge is 0.473 e. The Hall–Kier alpha value is -1.37. The first-order chi connectivity index (χ1) is 11.2. The third-order valence-electron chi connectivity index (χ3n) is 1.99. The summed E-state index contributed by atoms with van der Waals surface area (Å²) in [6.45, 7) is -4.58. The quantitative estimate of drug-likeness (QED) is 0.334. The smallest absolute Gasteiger partial charge is 0.464 e. The van der Waals surface area contributed by atoms with Gasteiger partial charge in [-0.25, -0.2) is 14.2 Å². The molecule has 0 fully saturated rings. The van der Waals surface area contributed by atoms with Crippen LogP contribution in [0.1, 0.15) is 12.8 Å². The fraction of sp³-hybridized carbons (Fsp3) is 0.800. The van der Waals surface area contributed by atoms with Gasteiger partial charge in [0.1, 0.15) is 13.2 Å².